The summed E-state index contributed by atoms with van der Waals surface area (Å²) in [6.07, 6.45) is 0.626. The van der Waals surface area contributed by atoms with E-state index in [4.69, 9.17) is 14.2 Å². The minimum absolute atomic E-state index is 0. The molecule has 11 heteroatoms. The van der Waals surface area contributed by atoms with Gasteiger partial charge in [-0.1, -0.05) is 19.9 Å². The topological polar surface area (TPSA) is 117 Å². The van der Waals surface area contributed by atoms with E-state index in [-0.39, 0.29) is 38.0 Å². The second-order valence-electron chi connectivity index (χ2n) is 9.07. The van der Waals surface area contributed by atoms with Gasteiger partial charge >= 0.3 is 0 Å². The van der Waals surface area contributed by atoms with Gasteiger partial charge in [0.25, 0.3) is 15.9 Å². The van der Waals surface area contributed by atoms with E-state index in [0.717, 1.165) is 6.42 Å². The average molecular weight is 534 g/mol. The number of nitrogens with zero attached hydrogens (tertiary/aromatic N) is 2. The largest absolute Gasteiger partial charge is 0.493 e. The van der Waals surface area contributed by atoms with E-state index >= 15 is 0 Å². The van der Waals surface area contributed by atoms with Gasteiger partial charge in [0, 0.05) is 33.2 Å². The zero-order valence-electron chi connectivity index (χ0n) is 20.7. The highest BCUT2D eigenvalue weighted by Crippen LogP contribution is 2.28. The Kier molecular flexibility index (Phi) is 8.03. The van der Waals surface area contributed by atoms with Crippen LogP contribution in [0.2, 0.25) is 0 Å². The van der Waals surface area contributed by atoms with Gasteiger partial charge in [0.15, 0.2) is 5.03 Å². The van der Waals surface area contributed by atoms with Crippen molar-refractivity contribution in [2.45, 2.75) is 38.3 Å². The Morgan fingerprint density at radius 1 is 1.19 bits per heavy atom. The van der Waals surface area contributed by atoms with Crippen molar-refractivity contribution in [1.82, 2.24) is 14.7 Å². The molecule has 0 saturated carbocycles. The maximum Gasteiger partial charge on any atom is 0.281 e. The van der Waals surface area contributed by atoms with Crippen molar-refractivity contribution in [2.75, 3.05) is 19.8 Å². The number of hydrogen-bond donors (Lipinski definition) is 1. The van der Waals surface area contributed by atoms with E-state index < -0.39 is 21.7 Å². The normalized spacial score (nSPS) is 15.2. The zero-order chi connectivity index (χ0) is 26.6. The summed E-state index contributed by atoms with van der Waals surface area (Å²) in [6, 6.07) is 11.5. The standard InChI is InChI=1S/C26H28FN3O6S.2H2/c1-16(2)14-35-21-12-18(11-19(27)13-21)23-8-7-22(26(29-23)36-15-20-9-10-34-20)25(31)30-37(32,33)24-6-4-5-17(3)28-24;;/h4-8,11-13,16,20H,9-10,14-15H2,1-3H3,(H,30,31);2*1H. The Balaban J connectivity index is 0.00000267. The highest BCUT2D eigenvalue weighted by molar-refractivity contribution is 7.90. The molecule has 9 nitrogen and oxygen atoms in total. The molecule has 1 atom stereocenters. The molecule has 37 heavy (non-hydrogen) atoms. The summed E-state index contributed by atoms with van der Waals surface area (Å²) in [5.74, 6) is -0.960. The summed E-state index contributed by atoms with van der Waals surface area (Å²) in [7, 11) is -4.24. The van der Waals surface area contributed by atoms with Gasteiger partial charge in [-0.05, 0) is 49.2 Å². The van der Waals surface area contributed by atoms with Crippen LogP contribution in [0.15, 0.2) is 53.6 Å². The van der Waals surface area contributed by atoms with E-state index in [1.807, 2.05) is 18.6 Å². The second-order valence-corrected chi connectivity index (χ2v) is 10.7. The molecular weight excluding hydrogens is 501 g/mol. The van der Waals surface area contributed by atoms with Crippen molar-refractivity contribution in [3.8, 4) is 22.9 Å². The van der Waals surface area contributed by atoms with Crippen LogP contribution in [0.3, 0.4) is 0 Å². The Morgan fingerprint density at radius 2 is 1.97 bits per heavy atom. The van der Waals surface area contributed by atoms with Gasteiger partial charge in [-0.3, -0.25) is 4.79 Å². The third-order valence-electron chi connectivity index (χ3n) is 5.42. The number of benzene rings is 1. The number of hydrogen-bond acceptors (Lipinski definition) is 8. The summed E-state index contributed by atoms with van der Waals surface area (Å²) in [4.78, 5) is 21.4. The van der Waals surface area contributed by atoms with Gasteiger partial charge in [0.1, 0.15) is 23.7 Å². The molecular formula is C26H32FN3O6S. The van der Waals surface area contributed by atoms with Gasteiger partial charge in [-0.25, -0.2) is 19.1 Å². The van der Waals surface area contributed by atoms with Crippen molar-refractivity contribution in [1.29, 1.82) is 0 Å². The first-order chi connectivity index (χ1) is 17.6. The Labute approximate surface area is 218 Å². The fourth-order valence-electron chi connectivity index (χ4n) is 3.43. The number of sulfonamides is 1. The lowest BCUT2D eigenvalue weighted by atomic mass is 10.1. The predicted molar refractivity (Wildman–Crippen MR) is 138 cm³/mol. The Morgan fingerprint density at radius 3 is 2.65 bits per heavy atom. The number of amides is 1. The van der Waals surface area contributed by atoms with E-state index in [0.29, 0.717) is 35.9 Å². The van der Waals surface area contributed by atoms with Gasteiger partial charge < -0.3 is 14.2 Å². The van der Waals surface area contributed by atoms with Crippen LogP contribution >= 0.6 is 0 Å². The number of carbonyl (C=O) groups excluding carboxylic acids is 1. The van der Waals surface area contributed by atoms with Gasteiger partial charge in [0.05, 0.1) is 18.4 Å². The monoisotopic (exact) mass is 533 g/mol. The highest BCUT2D eigenvalue weighted by atomic mass is 32.2. The lowest BCUT2D eigenvalue weighted by Crippen LogP contribution is -2.34. The van der Waals surface area contributed by atoms with Gasteiger partial charge in [0.2, 0.25) is 5.88 Å². The summed E-state index contributed by atoms with van der Waals surface area (Å²) in [6.45, 7) is 6.75. The van der Waals surface area contributed by atoms with Crippen LogP contribution < -0.4 is 14.2 Å². The molecule has 0 aliphatic carbocycles. The first-order valence-electron chi connectivity index (χ1n) is 11.8. The van der Waals surface area contributed by atoms with E-state index in [1.54, 1.807) is 19.1 Å². The fourth-order valence-corrected chi connectivity index (χ4v) is 4.41. The number of nitrogens with one attached hydrogen (secondary N) is 1. The zero-order valence-corrected chi connectivity index (χ0v) is 21.5. The quantitative estimate of drug-likeness (QED) is 0.408. The Hall–Kier alpha value is -3.57. The molecule has 1 fully saturated rings. The molecule has 200 valence electrons. The summed E-state index contributed by atoms with van der Waals surface area (Å²) < 4.78 is 58.6. The average Bonchev–Trinajstić information content (AvgIpc) is 2.81. The van der Waals surface area contributed by atoms with Crippen LogP contribution in [-0.4, -0.2) is 50.2 Å². The molecule has 2 aromatic heterocycles. The molecule has 1 saturated heterocycles. The van der Waals surface area contributed by atoms with Crippen LogP contribution in [-0.2, 0) is 14.8 Å². The summed E-state index contributed by atoms with van der Waals surface area (Å²) >= 11 is 0. The van der Waals surface area contributed by atoms with Crippen molar-refractivity contribution >= 4 is 15.9 Å². The maximum absolute atomic E-state index is 14.3. The molecule has 1 aromatic carbocycles. The van der Waals surface area contributed by atoms with E-state index in [1.165, 1.54) is 36.4 Å². The smallest absolute Gasteiger partial charge is 0.281 e. The predicted octanol–water partition coefficient (Wildman–Crippen LogP) is 4.40. The first-order valence-corrected chi connectivity index (χ1v) is 13.3. The molecule has 1 unspecified atom stereocenters. The third kappa shape index (κ3) is 6.80. The number of pyridine rings is 2. The number of aryl methyl sites for hydroxylation is 1. The summed E-state index contributed by atoms with van der Waals surface area (Å²) in [5.41, 5.74) is 1.11. The number of carbonyl (C=O) groups is 1. The molecule has 1 N–H and O–H groups in total. The van der Waals surface area contributed by atoms with Crippen molar-refractivity contribution in [2.24, 2.45) is 5.92 Å². The lowest BCUT2D eigenvalue weighted by molar-refractivity contribution is -0.0727. The maximum atomic E-state index is 14.3. The molecule has 1 aliphatic heterocycles. The fraction of sp³-hybridized carbons (Fsp3) is 0.346. The van der Waals surface area contributed by atoms with Crippen LogP contribution in [0.4, 0.5) is 4.39 Å². The number of ether oxygens (including phenoxy) is 3. The number of aromatic nitrogens is 2. The van der Waals surface area contributed by atoms with Crippen LogP contribution in [0.25, 0.3) is 11.3 Å². The minimum atomic E-state index is -4.24. The SMILES string of the molecule is Cc1cccc(S(=O)(=O)NC(=O)c2ccc(-c3cc(F)cc(OCC(C)C)c3)nc2OCC2CCO2)n1.[HH].[HH]. The second kappa shape index (κ2) is 11.2. The first kappa shape index (κ1) is 26.5. The van der Waals surface area contributed by atoms with Crippen LogP contribution in [0, 0.1) is 18.7 Å². The molecule has 1 aliphatic rings. The third-order valence-corrected chi connectivity index (χ3v) is 6.65. The summed E-state index contributed by atoms with van der Waals surface area (Å²) in [5, 5.41) is -0.288. The number of rotatable bonds is 10. The molecule has 0 bridgehead atoms. The van der Waals surface area contributed by atoms with Gasteiger partial charge in [-0.2, -0.15) is 8.42 Å². The molecule has 3 aromatic rings. The van der Waals surface area contributed by atoms with E-state index in [9.17, 15) is 17.6 Å². The van der Waals surface area contributed by atoms with Gasteiger partial charge in [-0.15, -0.1) is 0 Å². The molecule has 3 heterocycles. The number of halogens is 1. The van der Waals surface area contributed by atoms with Crippen LogP contribution in [0.1, 0.15) is 39.2 Å². The Bertz CT molecular complexity index is 1400. The molecule has 0 radical (unpaired) electrons. The lowest BCUT2D eigenvalue weighted by Gasteiger charge is -2.26. The molecule has 4 rings (SSSR count). The molecule has 1 amide bonds. The van der Waals surface area contributed by atoms with E-state index in [2.05, 4.69) is 9.97 Å². The van der Waals surface area contributed by atoms with Crippen molar-refractivity contribution < 1.29 is 34.7 Å². The van der Waals surface area contributed by atoms with Crippen LogP contribution in [0.5, 0.6) is 11.6 Å². The molecule has 0 spiro atoms. The highest BCUT2D eigenvalue weighted by Gasteiger charge is 2.25. The minimum Gasteiger partial charge on any atom is -0.493 e. The van der Waals surface area contributed by atoms with Crippen molar-refractivity contribution in [3.63, 3.8) is 0 Å². The van der Waals surface area contributed by atoms with Crippen molar-refractivity contribution in [3.05, 3.63) is 65.6 Å².